The number of para-hydroxylation sites is 1. The van der Waals surface area contributed by atoms with Crippen LogP contribution in [0.15, 0.2) is 42.5 Å². The summed E-state index contributed by atoms with van der Waals surface area (Å²) >= 11 is 0. The van der Waals surface area contributed by atoms with Gasteiger partial charge in [-0.05, 0) is 54.7 Å². The zero-order valence-electron chi connectivity index (χ0n) is 12.3. The Morgan fingerprint density at radius 1 is 1.24 bits per heavy atom. The van der Waals surface area contributed by atoms with Crippen LogP contribution in [0.2, 0.25) is 0 Å². The lowest BCUT2D eigenvalue weighted by Gasteiger charge is -2.35. The monoisotopic (exact) mass is 281 g/mol. The maximum absolute atomic E-state index is 11.1. The first-order chi connectivity index (χ1) is 10.1. The third-order valence-electron chi connectivity index (χ3n) is 4.10. The number of benzene rings is 2. The number of aryl methyl sites for hydroxylation is 1. The molecule has 1 unspecified atom stereocenters. The number of rotatable bonds is 2. The van der Waals surface area contributed by atoms with Crippen molar-refractivity contribution in [1.82, 2.24) is 0 Å². The van der Waals surface area contributed by atoms with Gasteiger partial charge in [-0.25, -0.2) is 4.79 Å². The maximum atomic E-state index is 11.1. The van der Waals surface area contributed by atoms with Gasteiger partial charge in [-0.3, -0.25) is 0 Å². The molecular weight excluding hydrogens is 262 g/mol. The molecule has 0 bridgehead atoms. The molecule has 0 saturated heterocycles. The van der Waals surface area contributed by atoms with Crippen LogP contribution in [0.5, 0.6) is 0 Å². The Morgan fingerprint density at radius 3 is 2.71 bits per heavy atom. The Balaban J connectivity index is 2.05. The lowest BCUT2D eigenvalue weighted by Crippen LogP contribution is -2.30. The predicted molar refractivity (Wildman–Crippen MR) is 84.5 cm³/mol. The average molecular weight is 281 g/mol. The fraction of sp³-hybridized carbons (Fsp3) is 0.278. The second-order valence-corrected chi connectivity index (χ2v) is 5.85. The van der Waals surface area contributed by atoms with Gasteiger partial charge in [0.2, 0.25) is 0 Å². The molecule has 3 rings (SSSR count). The highest BCUT2D eigenvalue weighted by atomic mass is 16.4. The molecule has 2 aromatic carbocycles. The minimum atomic E-state index is -0.869. The molecule has 2 aromatic rings. The summed E-state index contributed by atoms with van der Waals surface area (Å²) in [5, 5.41) is 9.15. The highest BCUT2D eigenvalue weighted by Crippen LogP contribution is 2.35. The van der Waals surface area contributed by atoms with Crippen LogP contribution in [-0.4, -0.2) is 17.6 Å². The van der Waals surface area contributed by atoms with Crippen molar-refractivity contribution in [2.24, 2.45) is 5.92 Å². The summed E-state index contributed by atoms with van der Waals surface area (Å²) in [5.41, 5.74) is 4.83. The summed E-state index contributed by atoms with van der Waals surface area (Å²) in [4.78, 5) is 13.4. The Labute approximate surface area is 124 Å². The van der Waals surface area contributed by atoms with Crippen molar-refractivity contribution in [1.29, 1.82) is 0 Å². The van der Waals surface area contributed by atoms with Crippen LogP contribution in [0.25, 0.3) is 0 Å². The van der Waals surface area contributed by atoms with E-state index in [0.717, 1.165) is 24.2 Å². The third kappa shape index (κ3) is 2.51. The quantitative estimate of drug-likeness (QED) is 0.903. The number of carboxylic acids is 1. The second-order valence-electron chi connectivity index (χ2n) is 5.85. The minimum Gasteiger partial charge on any atom is -0.478 e. The molecule has 0 fully saturated rings. The Bertz CT molecular complexity index is 693. The molecule has 1 aliphatic rings. The molecule has 1 atom stereocenters. The molecule has 21 heavy (non-hydrogen) atoms. The number of hydrogen-bond acceptors (Lipinski definition) is 2. The number of carboxylic acid groups (broad SMARTS) is 1. The van der Waals surface area contributed by atoms with Crippen LogP contribution in [0.1, 0.15) is 28.4 Å². The predicted octanol–water partition coefficient (Wildman–Crippen LogP) is 4.02. The van der Waals surface area contributed by atoms with Gasteiger partial charge in [-0.15, -0.1) is 0 Å². The summed E-state index contributed by atoms with van der Waals surface area (Å²) in [6, 6.07) is 14.0. The molecule has 0 saturated carbocycles. The van der Waals surface area contributed by atoms with Crippen LogP contribution in [-0.2, 0) is 6.42 Å². The Kier molecular flexibility index (Phi) is 3.42. The van der Waals surface area contributed by atoms with Gasteiger partial charge in [0, 0.05) is 17.9 Å². The fourth-order valence-corrected chi connectivity index (χ4v) is 3.10. The normalized spacial score (nSPS) is 17.4. The number of hydrogen-bond donors (Lipinski definition) is 1. The zero-order valence-corrected chi connectivity index (χ0v) is 12.3. The maximum Gasteiger partial charge on any atom is 0.335 e. The summed E-state index contributed by atoms with van der Waals surface area (Å²) in [7, 11) is 0. The van der Waals surface area contributed by atoms with E-state index in [9.17, 15) is 4.79 Å². The summed E-state index contributed by atoms with van der Waals surface area (Å²) in [6.07, 6.45) is 1.10. The SMILES string of the molecule is Cc1cc(N2CC(C)Cc3ccccc32)ccc1C(=O)O. The van der Waals surface area contributed by atoms with E-state index in [4.69, 9.17) is 5.11 Å². The first-order valence-electron chi connectivity index (χ1n) is 7.25. The van der Waals surface area contributed by atoms with Gasteiger partial charge in [-0.1, -0.05) is 25.1 Å². The van der Waals surface area contributed by atoms with Gasteiger partial charge < -0.3 is 10.0 Å². The molecule has 3 nitrogen and oxygen atoms in total. The first-order valence-corrected chi connectivity index (χ1v) is 7.25. The van der Waals surface area contributed by atoms with Crippen molar-refractivity contribution >= 4 is 17.3 Å². The Hall–Kier alpha value is -2.29. The van der Waals surface area contributed by atoms with Crippen molar-refractivity contribution in [2.45, 2.75) is 20.3 Å². The number of fused-ring (bicyclic) bond motifs is 1. The lowest BCUT2D eigenvalue weighted by atomic mass is 9.93. The summed E-state index contributed by atoms with van der Waals surface area (Å²) in [6.45, 7) is 5.07. The smallest absolute Gasteiger partial charge is 0.335 e. The highest BCUT2D eigenvalue weighted by Gasteiger charge is 2.23. The van der Waals surface area contributed by atoms with E-state index in [1.54, 1.807) is 6.07 Å². The van der Waals surface area contributed by atoms with Crippen LogP contribution in [0, 0.1) is 12.8 Å². The van der Waals surface area contributed by atoms with Crippen molar-refractivity contribution in [3.63, 3.8) is 0 Å². The van der Waals surface area contributed by atoms with Gasteiger partial charge >= 0.3 is 5.97 Å². The van der Waals surface area contributed by atoms with E-state index in [-0.39, 0.29) is 0 Å². The van der Waals surface area contributed by atoms with E-state index in [1.165, 1.54) is 11.3 Å². The first kappa shape index (κ1) is 13.7. The van der Waals surface area contributed by atoms with E-state index < -0.39 is 5.97 Å². The van der Waals surface area contributed by atoms with Crippen LogP contribution >= 0.6 is 0 Å². The van der Waals surface area contributed by atoms with E-state index in [1.807, 2.05) is 19.1 Å². The molecule has 0 spiro atoms. The second kappa shape index (κ2) is 5.24. The molecule has 0 aliphatic carbocycles. The zero-order chi connectivity index (χ0) is 15.0. The number of aromatic carboxylic acids is 1. The Morgan fingerprint density at radius 2 is 2.00 bits per heavy atom. The van der Waals surface area contributed by atoms with Gasteiger partial charge in [0.25, 0.3) is 0 Å². The van der Waals surface area contributed by atoms with Crippen LogP contribution in [0.4, 0.5) is 11.4 Å². The van der Waals surface area contributed by atoms with Gasteiger partial charge in [0.05, 0.1) is 5.56 Å². The minimum absolute atomic E-state index is 0.372. The molecular formula is C18H19NO2. The molecule has 0 radical (unpaired) electrons. The summed E-state index contributed by atoms with van der Waals surface area (Å²) < 4.78 is 0. The average Bonchev–Trinajstić information content (AvgIpc) is 2.45. The van der Waals surface area contributed by atoms with Gasteiger partial charge in [0.1, 0.15) is 0 Å². The summed E-state index contributed by atoms with van der Waals surface area (Å²) in [5.74, 6) is -0.286. The third-order valence-corrected chi connectivity index (χ3v) is 4.10. The van der Waals surface area contributed by atoms with Crippen LogP contribution in [0.3, 0.4) is 0 Å². The van der Waals surface area contributed by atoms with Crippen LogP contribution < -0.4 is 4.90 Å². The van der Waals surface area contributed by atoms with E-state index >= 15 is 0 Å². The van der Waals surface area contributed by atoms with Crippen molar-refractivity contribution in [3.8, 4) is 0 Å². The van der Waals surface area contributed by atoms with E-state index in [2.05, 4.69) is 36.1 Å². The van der Waals surface area contributed by atoms with Crippen molar-refractivity contribution < 1.29 is 9.90 Å². The van der Waals surface area contributed by atoms with Crippen molar-refractivity contribution in [2.75, 3.05) is 11.4 Å². The fourth-order valence-electron chi connectivity index (χ4n) is 3.10. The molecule has 108 valence electrons. The largest absolute Gasteiger partial charge is 0.478 e. The van der Waals surface area contributed by atoms with Gasteiger partial charge in [-0.2, -0.15) is 0 Å². The number of nitrogens with zero attached hydrogens (tertiary/aromatic N) is 1. The molecule has 1 heterocycles. The standard InChI is InChI=1S/C18H19NO2/c1-12-9-14-5-3-4-6-17(14)19(11-12)15-7-8-16(18(20)21)13(2)10-15/h3-8,10,12H,9,11H2,1-2H3,(H,20,21). The number of carbonyl (C=O) groups is 1. The van der Waals surface area contributed by atoms with Crippen molar-refractivity contribution in [3.05, 3.63) is 59.2 Å². The molecule has 1 aliphatic heterocycles. The molecule has 1 N–H and O–H groups in total. The number of anilines is 2. The van der Waals surface area contributed by atoms with Gasteiger partial charge in [0.15, 0.2) is 0 Å². The molecule has 0 amide bonds. The topological polar surface area (TPSA) is 40.5 Å². The lowest BCUT2D eigenvalue weighted by molar-refractivity contribution is 0.0696. The van der Waals surface area contributed by atoms with E-state index in [0.29, 0.717) is 11.5 Å². The highest BCUT2D eigenvalue weighted by molar-refractivity contribution is 5.90. The molecule has 0 aromatic heterocycles. The molecule has 3 heteroatoms.